The van der Waals surface area contributed by atoms with Crippen LogP contribution in [0.15, 0.2) is 66.7 Å². The third-order valence-corrected chi connectivity index (χ3v) is 4.91. The fourth-order valence-corrected chi connectivity index (χ4v) is 3.70. The molecule has 1 aliphatic rings. The number of hydrogen-bond donors (Lipinski definition) is 3. The number of aliphatic hydroxyl groups is 1. The molecule has 0 aromatic heterocycles. The average Bonchev–Trinajstić information content (AvgIpc) is 2.98. The molecule has 136 valence electrons. The van der Waals surface area contributed by atoms with E-state index >= 15 is 0 Å². The Kier molecular flexibility index (Phi) is 4.09. The fourth-order valence-electron chi connectivity index (χ4n) is 3.70. The summed E-state index contributed by atoms with van der Waals surface area (Å²) >= 11 is 0. The van der Waals surface area contributed by atoms with Crippen LogP contribution >= 0.6 is 0 Å². The van der Waals surface area contributed by atoms with Gasteiger partial charge in [-0.05, 0) is 36.2 Å². The van der Waals surface area contributed by atoms with E-state index in [0.29, 0.717) is 28.7 Å². The number of phenolic OH excluding ortho intramolecular Hbond substituents is 2. The predicted octanol–water partition coefficient (Wildman–Crippen LogP) is 3.09. The van der Waals surface area contributed by atoms with Crippen LogP contribution in [0.25, 0.3) is 0 Å². The summed E-state index contributed by atoms with van der Waals surface area (Å²) in [6.45, 7) is -0.0743. The standard InChI is InChI=1S/C22H18O5/c23-13-12-14-2-1-3-19-20(14)21(26)27-22(19,15-4-8-17(24)9-5-15)16-6-10-18(25)11-7-16/h1-11,23-25H,12-13H2. The van der Waals surface area contributed by atoms with E-state index < -0.39 is 11.6 Å². The topological polar surface area (TPSA) is 87.0 Å². The number of carbonyl (C=O) groups excluding carboxylic acids is 1. The highest BCUT2D eigenvalue weighted by atomic mass is 16.6. The molecule has 5 nitrogen and oxygen atoms in total. The van der Waals surface area contributed by atoms with Crippen molar-refractivity contribution in [3.63, 3.8) is 0 Å². The van der Waals surface area contributed by atoms with Gasteiger partial charge in [-0.2, -0.15) is 0 Å². The second-order valence-electron chi connectivity index (χ2n) is 6.48. The van der Waals surface area contributed by atoms with Gasteiger partial charge in [-0.15, -0.1) is 0 Å². The van der Waals surface area contributed by atoms with Crippen LogP contribution in [0.3, 0.4) is 0 Å². The minimum Gasteiger partial charge on any atom is -0.508 e. The van der Waals surface area contributed by atoms with E-state index in [1.165, 1.54) is 0 Å². The molecule has 0 saturated carbocycles. The van der Waals surface area contributed by atoms with Crippen molar-refractivity contribution < 1.29 is 24.9 Å². The molecular weight excluding hydrogens is 344 g/mol. The van der Waals surface area contributed by atoms with E-state index in [0.717, 1.165) is 5.56 Å². The molecule has 3 N–H and O–H groups in total. The van der Waals surface area contributed by atoms with Crippen molar-refractivity contribution >= 4 is 5.97 Å². The maximum Gasteiger partial charge on any atom is 0.340 e. The number of aromatic hydroxyl groups is 2. The van der Waals surface area contributed by atoms with E-state index in [2.05, 4.69) is 0 Å². The highest BCUT2D eigenvalue weighted by Gasteiger charge is 2.49. The van der Waals surface area contributed by atoms with Crippen molar-refractivity contribution in [2.24, 2.45) is 0 Å². The van der Waals surface area contributed by atoms with Gasteiger partial charge in [-0.25, -0.2) is 4.79 Å². The molecule has 3 aromatic rings. The molecule has 4 rings (SSSR count). The van der Waals surface area contributed by atoms with Crippen LogP contribution in [-0.2, 0) is 16.8 Å². The Balaban J connectivity index is 2.02. The van der Waals surface area contributed by atoms with Gasteiger partial charge in [0.25, 0.3) is 0 Å². The zero-order chi connectivity index (χ0) is 19.0. The lowest BCUT2D eigenvalue weighted by atomic mass is 9.79. The smallest absolute Gasteiger partial charge is 0.340 e. The fraction of sp³-hybridized carbons (Fsp3) is 0.136. The first kappa shape index (κ1) is 17.1. The van der Waals surface area contributed by atoms with E-state index in [9.17, 15) is 20.1 Å². The zero-order valence-corrected chi connectivity index (χ0v) is 14.4. The molecule has 0 spiro atoms. The van der Waals surface area contributed by atoms with Crippen molar-refractivity contribution in [1.29, 1.82) is 0 Å². The Bertz CT molecular complexity index is 945. The molecule has 3 aromatic carbocycles. The second-order valence-corrected chi connectivity index (χ2v) is 6.48. The van der Waals surface area contributed by atoms with E-state index in [4.69, 9.17) is 4.74 Å². The average molecular weight is 362 g/mol. The number of cyclic esters (lactones) is 1. The van der Waals surface area contributed by atoms with Gasteiger partial charge in [0.05, 0.1) is 5.56 Å². The number of phenols is 2. The van der Waals surface area contributed by atoms with E-state index in [1.807, 2.05) is 12.1 Å². The quantitative estimate of drug-likeness (QED) is 0.621. The molecule has 0 amide bonds. The molecule has 5 heteroatoms. The van der Waals surface area contributed by atoms with Crippen LogP contribution in [0.1, 0.15) is 32.6 Å². The summed E-state index contributed by atoms with van der Waals surface area (Å²) in [5.74, 6) is -0.244. The third kappa shape index (κ3) is 2.64. The minimum absolute atomic E-state index is 0.0743. The van der Waals surface area contributed by atoms with Gasteiger partial charge in [-0.1, -0.05) is 42.5 Å². The van der Waals surface area contributed by atoms with Gasteiger partial charge in [0.15, 0.2) is 5.60 Å². The monoisotopic (exact) mass is 362 g/mol. The number of carbonyl (C=O) groups is 1. The number of fused-ring (bicyclic) bond motifs is 1. The summed E-state index contributed by atoms with van der Waals surface area (Å²) < 4.78 is 5.97. The van der Waals surface area contributed by atoms with Crippen molar-refractivity contribution in [3.05, 3.63) is 94.5 Å². The maximum absolute atomic E-state index is 12.9. The van der Waals surface area contributed by atoms with Crippen molar-refractivity contribution in [1.82, 2.24) is 0 Å². The first-order chi connectivity index (χ1) is 13.1. The zero-order valence-electron chi connectivity index (χ0n) is 14.4. The summed E-state index contributed by atoms with van der Waals surface area (Å²) in [7, 11) is 0. The molecule has 0 radical (unpaired) electrons. The second kappa shape index (κ2) is 6.45. The predicted molar refractivity (Wildman–Crippen MR) is 98.7 cm³/mol. The summed E-state index contributed by atoms with van der Waals surface area (Å²) in [5.41, 5.74) is 2.01. The minimum atomic E-state index is -1.20. The van der Waals surface area contributed by atoms with Crippen LogP contribution < -0.4 is 0 Å². The molecule has 0 aliphatic carbocycles. The third-order valence-electron chi connectivity index (χ3n) is 4.91. The summed E-state index contributed by atoms with van der Waals surface area (Å²) in [4.78, 5) is 12.9. The lowest BCUT2D eigenvalue weighted by molar-refractivity contribution is 0.0251. The molecule has 0 saturated heterocycles. The SMILES string of the molecule is O=C1OC(c2ccc(O)cc2)(c2ccc(O)cc2)c2cccc(CCO)c21. The Labute approximate surface area is 156 Å². The van der Waals surface area contributed by atoms with Crippen molar-refractivity contribution in [2.75, 3.05) is 6.61 Å². The molecule has 27 heavy (non-hydrogen) atoms. The van der Waals surface area contributed by atoms with Crippen molar-refractivity contribution in [3.8, 4) is 11.5 Å². The highest BCUT2D eigenvalue weighted by Crippen LogP contribution is 2.48. The van der Waals surface area contributed by atoms with Gasteiger partial charge in [0.2, 0.25) is 0 Å². The van der Waals surface area contributed by atoms with Gasteiger partial charge < -0.3 is 20.1 Å². The van der Waals surface area contributed by atoms with E-state index in [-0.39, 0.29) is 18.1 Å². The van der Waals surface area contributed by atoms with Crippen LogP contribution in [0.4, 0.5) is 0 Å². The number of hydrogen-bond acceptors (Lipinski definition) is 5. The molecule has 0 atom stereocenters. The van der Waals surface area contributed by atoms with Crippen LogP contribution in [0.2, 0.25) is 0 Å². The largest absolute Gasteiger partial charge is 0.508 e. The van der Waals surface area contributed by atoms with Crippen LogP contribution in [0, 0.1) is 0 Å². The number of esters is 1. The first-order valence-electron chi connectivity index (χ1n) is 8.62. The normalized spacial score (nSPS) is 14.6. The molecular formula is C22H18O5. The maximum atomic E-state index is 12.9. The summed E-state index contributed by atoms with van der Waals surface area (Å²) in [6, 6.07) is 18.5. The summed E-state index contributed by atoms with van der Waals surface area (Å²) in [5, 5.41) is 28.7. The van der Waals surface area contributed by atoms with Gasteiger partial charge in [0, 0.05) is 23.3 Å². The Hall–Kier alpha value is -3.31. The number of benzene rings is 3. The van der Waals surface area contributed by atoms with Crippen molar-refractivity contribution in [2.45, 2.75) is 12.0 Å². The van der Waals surface area contributed by atoms with Crippen LogP contribution in [0.5, 0.6) is 11.5 Å². The van der Waals surface area contributed by atoms with Gasteiger partial charge >= 0.3 is 5.97 Å². The number of rotatable bonds is 4. The number of aliphatic hydroxyl groups excluding tert-OH is 1. The lowest BCUT2D eigenvalue weighted by Crippen LogP contribution is -2.29. The Morgan fingerprint density at radius 2 is 1.37 bits per heavy atom. The Morgan fingerprint density at radius 3 is 1.89 bits per heavy atom. The molecule has 1 heterocycles. The van der Waals surface area contributed by atoms with Gasteiger partial charge in [-0.3, -0.25) is 0 Å². The van der Waals surface area contributed by atoms with Crippen LogP contribution in [-0.4, -0.2) is 27.9 Å². The molecule has 0 unspecified atom stereocenters. The lowest BCUT2D eigenvalue weighted by Gasteiger charge is -2.30. The highest BCUT2D eigenvalue weighted by molar-refractivity contribution is 5.98. The Morgan fingerprint density at radius 1 is 0.815 bits per heavy atom. The first-order valence-corrected chi connectivity index (χ1v) is 8.62. The molecule has 1 aliphatic heterocycles. The van der Waals surface area contributed by atoms with E-state index in [1.54, 1.807) is 54.6 Å². The summed E-state index contributed by atoms with van der Waals surface area (Å²) in [6.07, 6.45) is 0.347. The molecule has 0 bridgehead atoms. The molecule has 0 fully saturated rings. The number of ether oxygens (including phenoxy) is 1. The van der Waals surface area contributed by atoms with Gasteiger partial charge in [0.1, 0.15) is 11.5 Å².